The summed E-state index contributed by atoms with van der Waals surface area (Å²) < 4.78 is 21.1. The van der Waals surface area contributed by atoms with Crippen LogP contribution >= 0.6 is 0 Å². The monoisotopic (exact) mass is 433 g/mol. The van der Waals surface area contributed by atoms with Gasteiger partial charge in [0, 0.05) is 26.1 Å². The van der Waals surface area contributed by atoms with Crippen LogP contribution in [-0.2, 0) is 33.3 Å². The van der Waals surface area contributed by atoms with Gasteiger partial charge in [-0.2, -0.15) is 0 Å². The molecule has 0 aliphatic rings. The fraction of sp³-hybridized carbons (Fsp3) is 0.850. The Morgan fingerprint density at radius 3 is 1.80 bits per heavy atom. The highest BCUT2D eigenvalue weighted by molar-refractivity contribution is 5.79. The van der Waals surface area contributed by atoms with Crippen molar-refractivity contribution in [1.29, 1.82) is 0 Å². The first-order chi connectivity index (χ1) is 14.5. The number of hydrogen-bond donors (Lipinski definition) is 3. The highest BCUT2D eigenvalue weighted by atomic mass is 16.6. The lowest BCUT2D eigenvalue weighted by Crippen LogP contribution is -2.44. The number of rotatable bonds is 21. The van der Waals surface area contributed by atoms with E-state index in [2.05, 4.69) is 16.0 Å². The number of hydrogen-bond acceptors (Lipinski definition) is 8. The van der Waals surface area contributed by atoms with E-state index in [0.29, 0.717) is 65.9 Å². The van der Waals surface area contributed by atoms with Crippen molar-refractivity contribution in [3.63, 3.8) is 0 Å². The predicted octanol–water partition coefficient (Wildman–Crippen LogP) is -0.492. The van der Waals surface area contributed by atoms with E-state index in [1.807, 2.05) is 20.8 Å². The summed E-state index contributed by atoms with van der Waals surface area (Å²) in [6, 6.07) is -0.347. The van der Waals surface area contributed by atoms with Crippen molar-refractivity contribution in [2.75, 3.05) is 72.5 Å². The molecule has 0 radical (unpaired) electrons. The van der Waals surface area contributed by atoms with Gasteiger partial charge in [0.2, 0.25) is 11.8 Å². The molecule has 10 nitrogen and oxygen atoms in total. The van der Waals surface area contributed by atoms with Crippen molar-refractivity contribution in [3.8, 4) is 0 Å². The van der Waals surface area contributed by atoms with E-state index in [-0.39, 0.29) is 36.7 Å². The van der Waals surface area contributed by atoms with E-state index in [4.69, 9.17) is 18.9 Å². The Labute approximate surface area is 179 Å². The SMILES string of the molecule is CCOCCOCCOCCOCCC(=O)NCCNC(=O)CN[C@H](C=O)C(C)C. The second-order valence-corrected chi connectivity index (χ2v) is 6.77. The maximum Gasteiger partial charge on any atom is 0.234 e. The van der Waals surface area contributed by atoms with Gasteiger partial charge in [0.25, 0.3) is 0 Å². The number of aldehydes is 1. The van der Waals surface area contributed by atoms with Crippen LogP contribution in [0.2, 0.25) is 0 Å². The van der Waals surface area contributed by atoms with E-state index in [9.17, 15) is 14.4 Å². The molecule has 3 N–H and O–H groups in total. The van der Waals surface area contributed by atoms with Gasteiger partial charge in [-0.25, -0.2) is 0 Å². The minimum atomic E-state index is -0.347. The number of nitrogens with one attached hydrogen (secondary N) is 3. The summed E-state index contributed by atoms with van der Waals surface area (Å²) in [6.45, 7) is 10.4. The van der Waals surface area contributed by atoms with Crippen LogP contribution in [0.15, 0.2) is 0 Å². The molecule has 0 heterocycles. The van der Waals surface area contributed by atoms with Gasteiger partial charge in [-0.1, -0.05) is 13.8 Å². The molecule has 2 amide bonds. The van der Waals surface area contributed by atoms with Gasteiger partial charge >= 0.3 is 0 Å². The quantitative estimate of drug-likeness (QED) is 0.164. The Kier molecular flexibility index (Phi) is 19.6. The fourth-order valence-corrected chi connectivity index (χ4v) is 2.18. The molecule has 10 heteroatoms. The topological polar surface area (TPSA) is 124 Å². The molecular weight excluding hydrogens is 394 g/mol. The van der Waals surface area contributed by atoms with E-state index >= 15 is 0 Å². The van der Waals surface area contributed by atoms with Crippen LogP contribution in [0.5, 0.6) is 0 Å². The summed E-state index contributed by atoms with van der Waals surface area (Å²) in [5.74, 6) is -0.250. The lowest BCUT2D eigenvalue weighted by atomic mass is 10.1. The molecule has 0 aliphatic heterocycles. The lowest BCUT2D eigenvalue weighted by molar-refractivity contribution is -0.123. The minimum absolute atomic E-state index is 0.0604. The van der Waals surface area contributed by atoms with Crippen molar-refractivity contribution in [1.82, 2.24) is 16.0 Å². The highest BCUT2D eigenvalue weighted by Crippen LogP contribution is 1.97. The predicted molar refractivity (Wildman–Crippen MR) is 112 cm³/mol. The number of carbonyl (C=O) groups excluding carboxylic acids is 3. The highest BCUT2D eigenvalue weighted by Gasteiger charge is 2.12. The molecule has 0 aromatic heterocycles. The normalized spacial score (nSPS) is 12.0. The molecular formula is C20H39N3O7. The van der Waals surface area contributed by atoms with Crippen LogP contribution in [-0.4, -0.2) is 96.6 Å². The third-order valence-electron chi connectivity index (χ3n) is 3.93. The van der Waals surface area contributed by atoms with Gasteiger partial charge in [-0.3, -0.25) is 14.9 Å². The van der Waals surface area contributed by atoms with Crippen LogP contribution in [0.3, 0.4) is 0 Å². The van der Waals surface area contributed by atoms with E-state index in [0.717, 1.165) is 6.29 Å². The number of carbonyl (C=O) groups is 3. The number of ether oxygens (including phenoxy) is 4. The molecule has 0 aromatic carbocycles. The maximum atomic E-state index is 11.7. The van der Waals surface area contributed by atoms with Gasteiger partial charge in [0.15, 0.2) is 0 Å². The molecule has 0 saturated heterocycles. The molecule has 176 valence electrons. The van der Waals surface area contributed by atoms with Gasteiger partial charge in [-0.05, 0) is 12.8 Å². The Morgan fingerprint density at radius 1 is 0.800 bits per heavy atom. The molecule has 30 heavy (non-hydrogen) atoms. The molecule has 0 fully saturated rings. The smallest absolute Gasteiger partial charge is 0.234 e. The van der Waals surface area contributed by atoms with Crippen molar-refractivity contribution in [3.05, 3.63) is 0 Å². The third-order valence-corrected chi connectivity index (χ3v) is 3.93. The largest absolute Gasteiger partial charge is 0.379 e. The summed E-state index contributed by atoms with van der Waals surface area (Å²) in [7, 11) is 0. The zero-order valence-electron chi connectivity index (χ0n) is 18.6. The average Bonchev–Trinajstić information content (AvgIpc) is 2.72. The van der Waals surface area contributed by atoms with Crippen LogP contribution in [0.25, 0.3) is 0 Å². The van der Waals surface area contributed by atoms with Crippen molar-refractivity contribution < 1.29 is 33.3 Å². The molecule has 0 bridgehead atoms. The lowest BCUT2D eigenvalue weighted by Gasteiger charge is -2.15. The maximum absolute atomic E-state index is 11.7. The fourth-order valence-electron chi connectivity index (χ4n) is 2.18. The second kappa shape index (κ2) is 20.7. The summed E-state index contributed by atoms with van der Waals surface area (Å²) in [5.41, 5.74) is 0. The van der Waals surface area contributed by atoms with Gasteiger partial charge in [0.05, 0.1) is 58.8 Å². The molecule has 0 aliphatic carbocycles. The van der Waals surface area contributed by atoms with Crippen LogP contribution in [0.4, 0.5) is 0 Å². The van der Waals surface area contributed by atoms with Crippen molar-refractivity contribution in [2.24, 2.45) is 5.92 Å². The molecule has 0 spiro atoms. The van der Waals surface area contributed by atoms with Crippen molar-refractivity contribution >= 4 is 18.1 Å². The Hall–Kier alpha value is -1.59. The molecule has 0 aromatic rings. The zero-order valence-corrected chi connectivity index (χ0v) is 18.6. The first kappa shape index (κ1) is 28.4. The first-order valence-electron chi connectivity index (χ1n) is 10.5. The van der Waals surface area contributed by atoms with Crippen LogP contribution in [0.1, 0.15) is 27.2 Å². The zero-order chi connectivity index (χ0) is 22.5. The van der Waals surface area contributed by atoms with E-state index in [1.165, 1.54) is 0 Å². The summed E-state index contributed by atoms with van der Waals surface area (Å²) in [6.07, 6.45) is 1.04. The average molecular weight is 434 g/mol. The van der Waals surface area contributed by atoms with Crippen LogP contribution in [0, 0.1) is 5.92 Å². The van der Waals surface area contributed by atoms with Crippen LogP contribution < -0.4 is 16.0 Å². The van der Waals surface area contributed by atoms with E-state index in [1.54, 1.807) is 0 Å². The summed E-state index contributed by atoms with van der Waals surface area (Å²) in [4.78, 5) is 34.2. The van der Waals surface area contributed by atoms with Gasteiger partial charge in [-0.15, -0.1) is 0 Å². The third kappa shape index (κ3) is 18.4. The standard InChI is InChI=1S/C20H39N3O7/c1-4-27-9-10-29-13-14-30-12-11-28-8-5-19(25)21-6-7-22-20(26)15-23-18(16-24)17(2)3/h16-18,23H,4-15H2,1-3H3,(H,21,25)(H,22,26)/t18-/m1/s1. The first-order valence-corrected chi connectivity index (χ1v) is 10.5. The second-order valence-electron chi connectivity index (χ2n) is 6.77. The summed E-state index contributed by atoms with van der Waals surface area (Å²) >= 11 is 0. The Balaban J connectivity index is 3.41. The summed E-state index contributed by atoms with van der Waals surface area (Å²) in [5, 5.41) is 8.26. The molecule has 0 saturated carbocycles. The Bertz CT molecular complexity index is 450. The molecule has 1 atom stereocenters. The van der Waals surface area contributed by atoms with Gasteiger partial charge in [0.1, 0.15) is 6.29 Å². The van der Waals surface area contributed by atoms with Gasteiger partial charge < -0.3 is 34.4 Å². The van der Waals surface area contributed by atoms with E-state index < -0.39 is 0 Å². The molecule has 0 unspecified atom stereocenters. The molecule has 0 rings (SSSR count). The minimum Gasteiger partial charge on any atom is -0.379 e. The van der Waals surface area contributed by atoms with Crippen molar-refractivity contribution in [2.45, 2.75) is 33.2 Å². The Morgan fingerprint density at radius 2 is 1.30 bits per heavy atom. The number of amides is 2.